The molecule has 1 heterocycles. The highest BCUT2D eigenvalue weighted by Gasteiger charge is 2.42. The topological polar surface area (TPSA) is 57.6 Å². The quantitative estimate of drug-likeness (QED) is 0.513. The summed E-state index contributed by atoms with van der Waals surface area (Å²) >= 11 is 5.78. The number of thioether (sulfide) groups is 1. The first-order valence-electron chi connectivity index (χ1n) is 8.18. The molecule has 1 rings (SSSR count). The van der Waals surface area contributed by atoms with Crippen LogP contribution in [0, 0.1) is 11.8 Å². The lowest BCUT2D eigenvalue weighted by Crippen LogP contribution is -2.48. The van der Waals surface area contributed by atoms with Gasteiger partial charge in [0.25, 0.3) is 0 Å². The fourth-order valence-electron chi connectivity index (χ4n) is 2.68. The summed E-state index contributed by atoms with van der Waals surface area (Å²) in [6.45, 7) is 8.17. The molecular weight excluding hydrogens is 330 g/mol. The van der Waals surface area contributed by atoms with Crippen LogP contribution in [0.1, 0.15) is 47.0 Å². The van der Waals surface area contributed by atoms with Gasteiger partial charge in [0.15, 0.2) is 0 Å². The van der Waals surface area contributed by atoms with Crippen molar-refractivity contribution in [3.63, 3.8) is 0 Å². The van der Waals surface area contributed by atoms with Gasteiger partial charge in [0.05, 0.1) is 5.37 Å². The molecule has 1 N–H and O–H groups in total. The standard InChI is InChI=1S/C17H29NO3S2/c1-11(2)6-5-7-12(3)8-15-18(16(19)13(4)9-22)14(10-23-15)17(20)21/h6,12-15,22H,5,7-10H2,1-4H3,(H,20,21)/t12?,13?,14-,15?/m0/s1. The van der Waals surface area contributed by atoms with E-state index in [2.05, 4.69) is 39.5 Å². The van der Waals surface area contributed by atoms with Gasteiger partial charge in [-0.15, -0.1) is 11.8 Å². The van der Waals surface area contributed by atoms with Crippen molar-refractivity contribution in [2.75, 3.05) is 11.5 Å². The Morgan fingerprint density at radius 2 is 2.04 bits per heavy atom. The number of thiol groups is 1. The van der Waals surface area contributed by atoms with E-state index < -0.39 is 12.0 Å². The summed E-state index contributed by atoms with van der Waals surface area (Å²) in [4.78, 5) is 25.7. The molecule has 3 unspecified atom stereocenters. The van der Waals surface area contributed by atoms with E-state index in [0.717, 1.165) is 19.3 Å². The number of allylic oxidation sites excluding steroid dienone is 2. The van der Waals surface area contributed by atoms with Crippen molar-refractivity contribution in [2.45, 2.75) is 58.4 Å². The van der Waals surface area contributed by atoms with E-state index in [1.54, 1.807) is 16.7 Å². The Balaban J connectivity index is 2.73. The van der Waals surface area contributed by atoms with Crippen molar-refractivity contribution >= 4 is 36.3 Å². The Bertz CT molecular complexity index is 449. The van der Waals surface area contributed by atoms with E-state index in [9.17, 15) is 14.7 Å². The lowest BCUT2D eigenvalue weighted by atomic mass is 9.99. The molecule has 0 aromatic carbocycles. The van der Waals surface area contributed by atoms with Crippen LogP contribution in [0.5, 0.6) is 0 Å². The van der Waals surface area contributed by atoms with Crippen LogP contribution in [0.3, 0.4) is 0 Å². The number of rotatable bonds is 8. The molecule has 1 aliphatic heterocycles. The third-order valence-electron chi connectivity index (χ3n) is 4.14. The molecule has 4 nitrogen and oxygen atoms in total. The second kappa shape index (κ2) is 9.62. The Labute approximate surface area is 149 Å². The number of carboxylic acid groups (broad SMARTS) is 1. The minimum absolute atomic E-state index is 0.0346. The summed E-state index contributed by atoms with van der Waals surface area (Å²) in [5, 5.41) is 9.37. The summed E-state index contributed by atoms with van der Waals surface area (Å²) < 4.78 is 0. The van der Waals surface area contributed by atoms with Gasteiger partial charge in [-0.05, 0) is 39.0 Å². The minimum atomic E-state index is -0.906. The molecule has 0 saturated carbocycles. The molecule has 0 aliphatic carbocycles. The van der Waals surface area contributed by atoms with Crippen LogP contribution in [0.4, 0.5) is 0 Å². The zero-order valence-electron chi connectivity index (χ0n) is 14.5. The first-order valence-corrected chi connectivity index (χ1v) is 9.86. The monoisotopic (exact) mass is 359 g/mol. The van der Waals surface area contributed by atoms with Crippen LogP contribution in [0.15, 0.2) is 11.6 Å². The molecule has 1 fully saturated rings. The maximum Gasteiger partial charge on any atom is 0.327 e. The van der Waals surface area contributed by atoms with Crippen LogP contribution in [0.2, 0.25) is 0 Å². The number of carbonyl (C=O) groups is 2. The zero-order valence-corrected chi connectivity index (χ0v) is 16.2. The average Bonchev–Trinajstić information content (AvgIpc) is 2.88. The second-order valence-corrected chi connectivity index (χ2v) is 8.25. The summed E-state index contributed by atoms with van der Waals surface area (Å²) in [7, 11) is 0. The van der Waals surface area contributed by atoms with Crippen LogP contribution in [-0.2, 0) is 9.59 Å². The lowest BCUT2D eigenvalue weighted by Gasteiger charge is -2.31. The first-order chi connectivity index (χ1) is 10.8. The van der Waals surface area contributed by atoms with Gasteiger partial charge < -0.3 is 10.0 Å². The van der Waals surface area contributed by atoms with Gasteiger partial charge >= 0.3 is 5.97 Å². The fraction of sp³-hybridized carbons (Fsp3) is 0.765. The summed E-state index contributed by atoms with van der Waals surface area (Å²) in [6.07, 6.45) is 5.16. The minimum Gasteiger partial charge on any atom is -0.480 e. The normalized spacial score (nSPS) is 23.4. The van der Waals surface area contributed by atoms with Crippen molar-refractivity contribution in [3.8, 4) is 0 Å². The van der Waals surface area contributed by atoms with Crippen molar-refractivity contribution in [3.05, 3.63) is 11.6 Å². The molecule has 132 valence electrons. The fourth-order valence-corrected chi connectivity index (χ4v) is 4.42. The molecule has 0 spiro atoms. The Morgan fingerprint density at radius 1 is 1.39 bits per heavy atom. The predicted octanol–water partition coefficient (Wildman–Crippen LogP) is 3.68. The SMILES string of the molecule is CC(C)=CCCC(C)CC1SC[C@@H](C(=O)O)N1C(=O)C(C)CS. The second-order valence-electron chi connectivity index (χ2n) is 6.67. The molecular formula is C17H29NO3S2. The highest BCUT2D eigenvalue weighted by molar-refractivity contribution is 8.00. The highest BCUT2D eigenvalue weighted by atomic mass is 32.2. The van der Waals surface area contributed by atoms with E-state index >= 15 is 0 Å². The van der Waals surface area contributed by atoms with E-state index in [4.69, 9.17) is 0 Å². The Hall–Kier alpha value is -0.620. The van der Waals surface area contributed by atoms with Gasteiger partial charge in [0.2, 0.25) is 5.91 Å². The van der Waals surface area contributed by atoms with E-state index in [1.165, 1.54) is 5.57 Å². The number of nitrogens with zero attached hydrogens (tertiary/aromatic N) is 1. The smallest absolute Gasteiger partial charge is 0.327 e. The van der Waals surface area contributed by atoms with Crippen molar-refractivity contribution in [1.82, 2.24) is 4.90 Å². The molecule has 6 heteroatoms. The molecule has 23 heavy (non-hydrogen) atoms. The van der Waals surface area contributed by atoms with Gasteiger partial charge in [0.1, 0.15) is 6.04 Å². The van der Waals surface area contributed by atoms with Gasteiger partial charge in [-0.25, -0.2) is 4.79 Å². The number of amides is 1. The highest BCUT2D eigenvalue weighted by Crippen LogP contribution is 2.35. The Morgan fingerprint density at radius 3 is 2.57 bits per heavy atom. The number of hydrogen-bond donors (Lipinski definition) is 2. The van der Waals surface area contributed by atoms with Crippen LogP contribution < -0.4 is 0 Å². The van der Waals surface area contributed by atoms with Crippen molar-refractivity contribution in [1.29, 1.82) is 0 Å². The van der Waals surface area contributed by atoms with Gasteiger partial charge in [-0.1, -0.05) is 25.5 Å². The van der Waals surface area contributed by atoms with Crippen molar-refractivity contribution < 1.29 is 14.7 Å². The molecule has 0 bridgehead atoms. The van der Waals surface area contributed by atoms with E-state index in [-0.39, 0.29) is 17.2 Å². The molecule has 1 aliphatic rings. The number of aliphatic carboxylic acids is 1. The van der Waals surface area contributed by atoms with Gasteiger partial charge in [-0.3, -0.25) is 4.79 Å². The van der Waals surface area contributed by atoms with Gasteiger partial charge in [0, 0.05) is 17.4 Å². The van der Waals surface area contributed by atoms with E-state index in [0.29, 0.717) is 17.4 Å². The van der Waals surface area contributed by atoms with Crippen LogP contribution in [0.25, 0.3) is 0 Å². The Kier molecular flexibility index (Phi) is 8.54. The molecule has 0 radical (unpaired) electrons. The first kappa shape index (κ1) is 20.4. The summed E-state index contributed by atoms with van der Waals surface area (Å²) in [5.41, 5.74) is 1.32. The maximum atomic E-state index is 12.6. The number of hydrogen-bond acceptors (Lipinski definition) is 4. The average molecular weight is 360 g/mol. The van der Waals surface area contributed by atoms with Gasteiger partial charge in [-0.2, -0.15) is 12.6 Å². The maximum absolute atomic E-state index is 12.6. The molecule has 1 amide bonds. The molecule has 0 aromatic rings. The summed E-state index contributed by atoms with van der Waals surface area (Å²) in [5.74, 6) is 0.136. The van der Waals surface area contributed by atoms with Crippen molar-refractivity contribution in [2.24, 2.45) is 11.8 Å². The molecule has 1 saturated heterocycles. The number of carboxylic acids is 1. The molecule has 4 atom stereocenters. The lowest BCUT2D eigenvalue weighted by molar-refractivity contribution is -0.150. The largest absolute Gasteiger partial charge is 0.480 e. The number of carbonyl (C=O) groups excluding carboxylic acids is 1. The van der Waals surface area contributed by atoms with E-state index in [1.807, 2.05) is 6.92 Å². The third kappa shape index (κ3) is 6.07. The third-order valence-corrected chi connectivity index (χ3v) is 6.00. The van der Waals surface area contributed by atoms with Crippen LogP contribution >= 0.6 is 24.4 Å². The zero-order chi connectivity index (χ0) is 17.6. The summed E-state index contributed by atoms with van der Waals surface area (Å²) in [6, 6.07) is -0.704. The molecule has 0 aromatic heterocycles. The van der Waals surface area contributed by atoms with Crippen LogP contribution in [-0.4, -0.2) is 44.8 Å². The predicted molar refractivity (Wildman–Crippen MR) is 100.0 cm³/mol.